The van der Waals surface area contributed by atoms with Crippen molar-refractivity contribution < 1.29 is 22.7 Å². The fourth-order valence-electron chi connectivity index (χ4n) is 2.43. The number of benzene rings is 1. The van der Waals surface area contributed by atoms with Crippen molar-refractivity contribution in [2.24, 2.45) is 5.41 Å². The topological polar surface area (TPSA) is 83.5 Å². The van der Waals surface area contributed by atoms with Crippen LogP contribution in [0.4, 0.5) is 4.39 Å². The maximum atomic E-state index is 13.8. The van der Waals surface area contributed by atoms with E-state index < -0.39 is 32.1 Å². The van der Waals surface area contributed by atoms with Crippen LogP contribution < -0.4 is 4.72 Å². The highest BCUT2D eigenvalue weighted by atomic mass is 35.5. The number of halogens is 2. The molecule has 1 aromatic carbocycles. The molecule has 0 spiro atoms. The molecule has 1 aliphatic carbocycles. The second-order valence-electron chi connectivity index (χ2n) is 5.30. The first-order valence-corrected chi connectivity index (χ1v) is 8.27. The molecular weight excluding hydrogens is 321 g/mol. The molecule has 8 heteroatoms. The zero-order chi connectivity index (χ0) is 15.7. The highest BCUT2D eigenvalue weighted by Gasteiger charge is 2.40. The Morgan fingerprint density at radius 1 is 1.43 bits per heavy atom. The Kier molecular flexibility index (Phi) is 4.55. The summed E-state index contributed by atoms with van der Waals surface area (Å²) in [4.78, 5) is 10.3. The van der Waals surface area contributed by atoms with E-state index >= 15 is 0 Å². The minimum Gasteiger partial charge on any atom is -0.481 e. The normalized spacial score (nSPS) is 17.2. The van der Waals surface area contributed by atoms with Crippen LogP contribution in [0, 0.1) is 11.2 Å². The monoisotopic (exact) mass is 335 g/mol. The summed E-state index contributed by atoms with van der Waals surface area (Å²) in [7, 11) is -4.06. The van der Waals surface area contributed by atoms with Crippen LogP contribution in [0.1, 0.15) is 25.7 Å². The van der Waals surface area contributed by atoms with Gasteiger partial charge in [-0.2, -0.15) is 0 Å². The molecule has 0 aliphatic heterocycles. The molecule has 0 bridgehead atoms. The lowest BCUT2D eigenvalue weighted by Crippen LogP contribution is -2.43. The maximum Gasteiger partial charge on any atom is 0.303 e. The predicted octanol–water partition coefficient (Wildman–Crippen LogP) is 2.40. The molecule has 2 N–H and O–H groups in total. The van der Waals surface area contributed by atoms with Crippen LogP contribution in [0.2, 0.25) is 5.02 Å². The molecule has 0 unspecified atom stereocenters. The average molecular weight is 336 g/mol. The molecule has 21 heavy (non-hydrogen) atoms. The van der Waals surface area contributed by atoms with Gasteiger partial charge in [-0.25, -0.2) is 17.5 Å². The van der Waals surface area contributed by atoms with E-state index in [9.17, 15) is 17.6 Å². The van der Waals surface area contributed by atoms with Crippen LogP contribution in [0.15, 0.2) is 23.1 Å². The van der Waals surface area contributed by atoms with Gasteiger partial charge < -0.3 is 5.11 Å². The third kappa shape index (κ3) is 3.53. The summed E-state index contributed by atoms with van der Waals surface area (Å²) in [5.74, 6) is -1.98. The Balaban J connectivity index is 2.15. The van der Waals surface area contributed by atoms with Crippen LogP contribution in [-0.4, -0.2) is 26.0 Å². The summed E-state index contributed by atoms with van der Waals surface area (Å²) in [5.41, 5.74) is -0.575. The van der Waals surface area contributed by atoms with Gasteiger partial charge in [0.15, 0.2) is 5.82 Å². The molecule has 0 saturated heterocycles. The smallest absolute Gasteiger partial charge is 0.303 e. The van der Waals surface area contributed by atoms with E-state index in [4.69, 9.17) is 16.7 Å². The van der Waals surface area contributed by atoms with Gasteiger partial charge >= 0.3 is 5.97 Å². The fourth-order valence-corrected chi connectivity index (χ4v) is 3.92. The Bertz CT molecular complexity index is 658. The van der Waals surface area contributed by atoms with Crippen molar-refractivity contribution in [3.05, 3.63) is 29.0 Å². The van der Waals surface area contributed by atoms with Gasteiger partial charge in [0.05, 0.1) is 11.4 Å². The first kappa shape index (κ1) is 16.2. The standard InChI is InChI=1S/C13H15ClFNO4S/c14-9-3-1-4-10(12(9)15)21(19,20)16-8-13(5-2-6-13)7-11(17)18/h1,3-4,16H,2,5-8H2,(H,17,18). The van der Waals surface area contributed by atoms with Gasteiger partial charge in [0.2, 0.25) is 10.0 Å². The van der Waals surface area contributed by atoms with Crippen molar-refractivity contribution in [3.63, 3.8) is 0 Å². The zero-order valence-electron chi connectivity index (χ0n) is 11.1. The molecule has 5 nitrogen and oxygen atoms in total. The molecule has 0 heterocycles. The van der Waals surface area contributed by atoms with Crippen molar-refractivity contribution in [3.8, 4) is 0 Å². The minimum absolute atomic E-state index is 0.0203. The Morgan fingerprint density at radius 3 is 2.62 bits per heavy atom. The van der Waals surface area contributed by atoms with Gasteiger partial charge in [-0.15, -0.1) is 0 Å². The first-order chi connectivity index (χ1) is 9.76. The zero-order valence-corrected chi connectivity index (χ0v) is 12.7. The summed E-state index contributed by atoms with van der Waals surface area (Å²) in [6, 6.07) is 3.72. The molecule has 0 aromatic heterocycles. The lowest BCUT2D eigenvalue weighted by molar-refractivity contribution is -0.141. The van der Waals surface area contributed by atoms with E-state index in [0.717, 1.165) is 12.5 Å². The van der Waals surface area contributed by atoms with Gasteiger partial charge in [0, 0.05) is 6.54 Å². The van der Waals surface area contributed by atoms with E-state index in [0.29, 0.717) is 12.8 Å². The van der Waals surface area contributed by atoms with Crippen LogP contribution >= 0.6 is 11.6 Å². The van der Waals surface area contributed by atoms with Crippen molar-refractivity contribution in [2.75, 3.05) is 6.54 Å². The number of aliphatic carboxylic acids is 1. The number of carbonyl (C=O) groups is 1. The fraction of sp³-hybridized carbons (Fsp3) is 0.462. The van der Waals surface area contributed by atoms with E-state index in [1.807, 2.05) is 0 Å². The van der Waals surface area contributed by atoms with Crippen molar-refractivity contribution in [2.45, 2.75) is 30.6 Å². The number of hydrogen-bond acceptors (Lipinski definition) is 3. The number of sulfonamides is 1. The van der Waals surface area contributed by atoms with Crippen LogP contribution in [0.3, 0.4) is 0 Å². The highest BCUT2D eigenvalue weighted by Crippen LogP contribution is 2.43. The third-order valence-electron chi connectivity index (χ3n) is 3.78. The molecule has 1 fully saturated rings. The average Bonchev–Trinajstić information content (AvgIpc) is 2.35. The number of hydrogen-bond donors (Lipinski definition) is 2. The second-order valence-corrected chi connectivity index (χ2v) is 7.44. The predicted molar refractivity (Wildman–Crippen MR) is 75.1 cm³/mol. The van der Waals surface area contributed by atoms with Gasteiger partial charge in [-0.05, 0) is 30.4 Å². The number of carboxylic acid groups (broad SMARTS) is 1. The molecule has 2 rings (SSSR count). The molecule has 116 valence electrons. The summed E-state index contributed by atoms with van der Waals surface area (Å²) in [6.07, 6.45) is 2.04. The Labute approximate surface area is 127 Å². The summed E-state index contributed by atoms with van der Waals surface area (Å²) in [5, 5.41) is 8.61. The van der Waals surface area contributed by atoms with E-state index in [1.165, 1.54) is 12.1 Å². The lowest BCUT2D eigenvalue weighted by atomic mass is 9.67. The molecule has 1 aromatic rings. The SMILES string of the molecule is O=C(O)CC1(CNS(=O)(=O)c2cccc(Cl)c2F)CCC1. The second kappa shape index (κ2) is 5.90. The molecule has 0 amide bonds. The molecule has 0 atom stereocenters. The lowest BCUT2D eigenvalue weighted by Gasteiger charge is -2.40. The van der Waals surface area contributed by atoms with Crippen molar-refractivity contribution in [1.82, 2.24) is 4.72 Å². The quantitative estimate of drug-likeness (QED) is 0.836. The Morgan fingerprint density at radius 2 is 2.10 bits per heavy atom. The molecule has 1 aliphatic rings. The summed E-state index contributed by atoms with van der Waals surface area (Å²) in [6.45, 7) is -0.0203. The van der Waals surface area contributed by atoms with Crippen LogP contribution in [0.25, 0.3) is 0 Å². The van der Waals surface area contributed by atoms with Gasteiger partial charge in [0.25, 0.3) is 0 Å². The minimum atomic E-state index is -4.06. The maximum absolute atomic E-state index is 13.8. The third-order valence-corrected chi connectivity index (χ3v) is 5.49. The van der Waals surface area contributed by atoms with Gasteiger partial charge in [0.1, 0.15) is 4.90 Å². The highest BCUT2D eigenvalue weighted by molar-refractivity contribution is 7.89. The number of carboxylic acids is 1. The molecular formula is C13H15ClFNO4S. The van der Waals surface area contributed by atoms with Crippen molar-refractivity contribution in [1.29, 1.82) is 0 Å². The van der Waals surface area contributed by atoms with Crippen LogP contribution in [0.5, 0.6) is 0 Å². The van der Waals surface area contributed by atoms with Crippen molar-refractivity contribution >= 4 is 27.6 Å². The summed E-state index contributed by atoms with van der Waals surface area (Å²) < 4.78 is 40.3. The van der Waals surface area contributed by atoms with E-state index in [-0.39, 0.29) is 18.0 Å². The van der Waals surface area contributed by atoms with Crippen LogP contribution in [-0.2, 0) is 14.8 Å². The summed E-state index contributed by atoms with van der Waals surface area (Å²) >= 11 is 5.57. The molecule has 1 saturated carbocycles. The number of nitrogens with one attached hydrogen (secondary N) is 1. The van der Waals surface area contributed by atoms with Gasteiger partial charge in [-0.3, -0.25) is 4.79 Å². The largest absolute Gasteiger partial charge is 0.481 e. The Hall–Kier alpha value is -1.18. The number of rotatable bonds is 6. The molecule has 0 radical (unpaired) electrons. The van der Waals surface area contributed by atoms with E-state index in [1.54, 1.807) is 0 Å². The van der Waals surface area contributed by atoms with Gasteiger partial charge in [-0.1, -0.05) is 24.1 Å². The van der Waals surface area contributed by atoms with E-state index in [2.05, 4.69) is 4.72 Å². The first-order valence-electron chi connectivity index (χ1n) is 6.41.